The van der Waals surface area contributed by atoms with Gasteiger partial charge in [0, 0.05) is 10.4 Å². The number of carbonyl (C=O) groups excluding carboxylic acids is 1. The fourth-order valence-electron chi connectivity index (χ4n) is 3.49. The number of hydrogen-bond donors (Lipinski definition) is 0. The molecule has 4 rings (SSSR count). The van der Waals surface area contributed by atoms with Crippen molar-refractivity contribution < 1.29 is 9.90 Å². The molecular weight excluding hydrogens is 384 g/mol. The van der Waals surface area contributed by atoms with E-state index in [1.54, 1.807) is 12.1 Å². The van der Waals surface area contributed by atoms with Crippen LogP contribution in [0.1, 0.15) is 31.9 Å². The van der Waals surface area contributed by atoms with Gasteiger partial charge in [0.25, 0.3) is 5.56 Å². The molecule has 0 aliphatic rings. The summed E-state index contributed by atoms with van der Waals surface area (Å²) >= 11 is 1.51. The van der Waals surface area contributed by atoms with Gasteiger partial charge in [0.1, 0.15) is 4.83 Å². The van der Waals surface area contributed by atoms with Gasteiger partial charge < -0.3 is 9.90 Å². The normalized spacial score (nSPS) is 11.1. The van der Waals surface area contributed by atoms with Gasteiger partial charge >= 0.3 is 0 Å². The molecule has 0 atom stereocenters. The van der Waals surface area contributed by atoms with Crippen molar-refractivity contribution in [2.24, 2.45) is 0 Å². The molecule has 0 amide bonds. The fourth-order valence-corrected chi connectivity index (χ4v) is 4.49. The van der Waals surface area contributed by atoms with Crippen LogP contribution in [0.15, 0.2) is 53.6 Å². The first-order chi connectivity index (χ1) is 13.8. The Morgan fingerprint density at radius 2 is 1.90 bits per heavy atom. The number of thiophene rings is 1. The number of nitrogens with zero attached hydrogens (tertiary/aromatic N) is 2. The minimum Gasteiger partial charge on any atom is -0.545 e. The molecule has 0 spiro atoms. The maximum absolute atomic E-state index is 13.3. The monoisotopic (exact) mass is 403 g/mol. The average molecular weight is 403 g/mol. The second-order valence-corrected chi connectivity index (χ2v) is 8.38. The Balaban J connectivity index is 1.85. The number of fused-ring (bicyclic) bond motifs is 1. The number of carbonyl (C=O) groups is 1. The van der Waals surface area contributed by atoms with Crippen molar-refractivity contribution in [1.82, 2.24) is 9.55 Å². The molecule has 2 aromatic heterocycles. The minimum absolute atomic E-state index is 0.0896. The number of carboxylic acid groups (broad SMARTS) is 1. The third kappa shape index (κ3) is 3.47. The van der Waals surface area contributed by atoms with E-state index in [1.807, 2.05) is 13.0 Å². The molecule has 0 aliphatic carbocycles. The van der Waals surface area contributed by atoms with Gasteiger partial charge in [-0.25, -0.2) is 4.98 Å². The quantitative estimate of drug-likeness (QED) is 0.523. The summed E-state index contributed by atoms with van der Waals surface area (Å²) in [5, 5.41) is 11.7. The molecular formula is C23H19N2O3S-. The minimum atomic E-state index is -1.24. The number of aryl methyl sites for hydroxylation is 3. The summed E-state index contributed by atoms with van der Waals surface area (Å²) in [6.45, 7) is 6.37. The van der Waals surface area contributed by atoms with Crippen molar-refractivity contribution in [3.8, 4) is 11.1 Å². The molecule has 0 saturated heterocycles. The van der Waals surface area contributed by atoms with E-state index in [-0.39, 0.29) is 17.7 Å². The molecule has 29 heavy (non-hydrogen) atoms. The lowest BCUT2D eigenvalue weighted by Crippen LogP contribution is -2.23. The lowest BCUT2D eigenvalue weighted by molar-refractivity contribution is -0.255. The molecule has 0 unspecified atom stereocenters. The van der Waals surface area contributed by atoms with Gasteiger partial charge in [-0.15, -0.1) is 11.3 Å². The number of aromatic carboxylic acids is 1. The van der Waals surface area contributed by atoms with Crippen molar-refractivity contribution in [1.29, 1.82) is 0 Å². The smallest absolute Gasteiger partial charge is 0.263 e. The van der Waals surface area contributed by atoms with E-state index in [0.29, 0.717) is 15.8 Å². The zero-order valence-corrected chi connectivity index (χ0v) is 17.2. The van der Waals surface area contributed by atoms with Crippen molar-refractivity contribution >= 4 is 27.5 Å². The second kappa shape index (κ2) is 7.29. The summed E-state index contributed by atoms with van der Waals surface area (Å²) in [7, 11) is 0. The van der Waals surface area contributed by atoms with Crippen molar-refractivity contribution in [2.45, 2.75) is 27.3 Å². The lowest BCUT2D eigenvalue weighted by Gasteiger charge is -2.09. The zero-order valence-electron chi connectivity index (χ0n) is 16.4. The molecule has 0 aliphatic heterocycles. The number of carboxylic acids is 1. The molecule has 0 bridgehead atoms. The molecule has 0 radical (unpaired) electrons. The third-order valence-electron chi connectivity index (χ3n) is 5.17. The van der Waals surface area contributed by atoms with E-state index >= 15 is 0 Å². The summed E-state index contributed by atoms with van der Waals surface area (Å²) < 4.78 is 1.52. The van der Waals surface area contributed by atoms with Crippen LogP contribution in [0.2, 0.25) is 0 Å². The van der Waals surface area contributed by atoms with E-state index in [2.05, 4.69) is 31.0 Å². The lowest BCUT2D eigenvalue weighted by atomic mass is 9.99. The second-order valence-electron chi connectivity index (χ2n) is 7.18. The molecule has 146 valence electrons. The van der Waals surface area contributed by atoms with Gasteiger partial charge in [0.05, 0.1) is 24.2 Å². The molecule has 0 fully saturated rings. The van der Waals surface area contributed by atoms with E-state index in [0.717, 1.165) is 16.0 Å². The van der Waals surface area contributed by atoms with Gasteiger partial charge in [0.15, 0.2) is 0 Å². The highest BCUT2D eigenvalue weighted by Gasteiger charge is 2.17. The van der Waals surface area contributed by atoms with E-state index in [4.69, 9.17) is 0 Å². The van der Waals surface area contributed by atoms with E-state index < -0.39 is 5.97 Å². The molecule has 0 saturated carbocycles. The summed E-state index contributed by atoms with van der Waals surface area (Å²) in [4.78, 5) is 30.7. The van der Waals surface area contributed by atoms with Crippen LogP contribution in [0.4, 0.5) is 0 Å². The maximum Gasteiger partial charge on any atom is 0.263 e. The van der Waals surface area contributed by atoms with E-state index in [9.17, 15) is 14.7 Å². The summed E-state index contributed by atoms with van der Waals surface area (Å²) in [6.07, 6.45) is 1.52. The number of aromatic nitrogens is 2. The van der Waals surface area contributed by atoms with Gasteiger partial charge in [-0.05, 0) is 54.7 Å². The largest absolute Gasteiger partial charge is 0.545 e. The van der Waals surface area contributed by atoms with Crippen molar-refractivity contribution in [3.05, 3.63) is 86.3 Å². The van der Waals surface area contributed by atoms with Gasteiger partial charge in [0.2, 0.25) is 0 Å². The van der Waals surface area contributed by atoms with Crippen LogP contribution in [-0.4, -0.2) is 15.5 Å². The molecule has 0 N–H and O–H groups in total. The van der Waals surface area contributed by atoms with Crippen LogP contribution >= 0.6 is 11.3 Å². The number of rotatable bonds is 4. The topological polar surface area (TPSA) is 75.0 Å². The molecule has 2 aromatic carbocycles. The first-order valence-corrected chi connectivity index (χ1v) is 10.0. The highest BCUT2D eigenvalue weighted by atomic mass is 32.1. The average Bonchev–Trinajstić information content (AvgIpc) is 3.03. The summed E-state index contributed by atoms with van der Waals surface area (Å²) in [5.41, 5.74) is 4.96. The Hall–Kier alpha value is -3.25. The molecule has 6 heteroatoms. The van der Waals surface area contributed by atoms with Crippen LogP contribution in [0.5, 0.6) is 0 Å². The summed E-state index contributed by atoms with van der Waals surface area (Å²) in [6, 6.07) is 12.6. The number of benzene rings is 2. The van der Waals surface area contributed by atoms with Gasteiger partial charge in [-0.2, -0.15) is 0 Å². The zero-order chi connectivity index (χ0) is 20.7. The van der Waals surface area contributed by atoms with Gasteiger partial charge in [-0.1, -0.05) is 36.4 Å². The van der Waals surface area contributed by atoms with E-state index in [1.165, 1.54) is 45.5 Å². The Morgan fingerprint density at radius 3 is 2.62 bits per heavy atom. The first kappa shape index (κ1) is 19.1. The first-order valence-electron chi connectivity index (χ1n) is 9.21. The van der Waals surface area contributed by atoms with Crippen LogP contribution in [0.25, 0.3) is 21.3 Å². The number of hydrogen-bond acceptors (Lipinski definition) is 5. The highest BCUT2D eigenvalue weighted by molar-refractivity contribution is 7.19. The predicted octanol–water partition coefficient (Wildman–Crippen LogP) is 3.46. The molecule has 5 nitrogen and oxygen atoms in total. The molecule has 4 aromatic rings. The van der Waals surface area contributed by atoms with Crippen LogP contribution in [-0.2, 0) is 6.54 Å². The predicted molar refractivity (Wildman–Crippen MR) is 113 cm³/mol. The maximum atomic E-state index is 13.3. The van der Waals surface area contributed by atoms with Crippen LogP contribution < -0.4 is 10.7 Å². The Morgan fingerprint density at radius 1 is 1.10 bits per heavy atom. The SMILES string of the molecule is Cc1ccc(-c2c(C)sc3ncn(Cc4cccc(C(=O)[O-])c4)c(=O)c23)cc1C. The summed E-state index contributed by atoms with van der Waals surface area (Å²) in [5.74, 6) is -1.24. The Kier molecular flexibility index (Phi) is 4.80. The molecule has 2 heterocycles. The highest BCUT2D eigenvalue weighted by Crippen LogP contribution is 2.36. The van der Waals surface area contributed by atoms with Gasteiger partial charge in [-0.3, -0.25) is 9.36 Å². The third-order valence-corrected chi connectivity index (χ3v) is 6.18. The van der Waals surface area contributed by atoms with Crippen LogP contribution in [0, 0.1) is 20.8 Å². The van der Waals surface area contributed by atoms with Crippen molar-refractivity contribution in [2.75, 3.05) is 0 Å². The van der Waals surface area contributed by atoms with Crippen LogP contribution in [0.3, 0.4) is 0 Å². The fraction of sp³-hybridized carbons (Fsp3) is 0.174. The van der Waals surface area contributed by atoms with Crippen molar-refractivity contribution in [3.63, 3.8) is 0 Å². The Labute approximate surface area is 171 Å². The standard InChI is InChI=1S/C23H20N2O3S/c1-13-7-8-17(9-14(13)2)19-15(3)29-21-20(19)22(26)25(12-24-21)11-16-5-4-6-18(10-16)23(27)28/h4-10,12H,11H2,1-3H3,(H,27,28)/p-1. The Bertz CT molecular complexity index is 1320.